The van der Waals surface area contributed by atoms with E-state index in [-0.39, 0.29) is 23.0 Å². The summed E-state index contributed by atoms with van der Waals surface area (Å²) < 4.78 is 43.3. The summed E-state index contributed by atoms with van der Waals surface area (Å²) in [7, 11) is 0. The van der Waals surface area contributed by atoms with Crippen LogP contribution in [0, 0.1) is 0 Å². The second kappa shape index (κ2) is 8.99. The van der Waals surface area contributed by atoms with Gasteiger partial charge in [-0.2, -0.15) is 18.3 Å². The zero-order valence-electron chi connectivity index (χ0n) is 16.6. The summed E-state index contributed by atoms with van der Waals surface area (Å²) in [6.45, 7) is 0. The number of nitrogens with zero attached hydrogens (tertiary/aromatic N) is 2. The highest BCUT2D eigenvalue weighted by atomic mass is 79.9. The quantitative estimate of drug-likeness (QED) is 0.349. The molecule has 0 saturated carbocycles. The van der Waals surface area contributed by atoms with Crippen LogP contribution in [0.2, 0.25) is 5.02 Å². The number of carbonyl (C=O) groups excluding carboxylic acids is 1. The number of anilines is 2. The SMILES string of the molecule is CSc1ccccc1NC(=O)c1nn2c(c1Cl)NC(c1ccc(Br)cc1)CC2C(F)(F)F. The number of aromatic nitrogens is 2. The average molecular weight is 546 g/mol. The molecule has 11 heteroatoms. The fraction of sp³-hybridized carbons (Fsp3) is 0.238. The molecule has 168 valence electrons. The Morgan fingerprint density at radius 3 is 2.59 bits per heavy atom. The number of nitrogens with one attached hydrogen (secondary N) is 2. The van der Waals surface area contributed by atoms with E-state index in [0.717, 1.165) is 14.1 Å². The Balaban J connectivity index is 1.70. The molecule has 0 radical (unpaired) electrons. The Kier molecular flexibility index (Phi) is 6.46. The second-order valence-corrected chi connectivity index (χ2v) is 9.29. The Bertz CT molecular complexity index is 1150. The van der Waals surface area contributed by atoms with Gasteiger partial charge in [0.05, 0.1) is 11.7 Å². The van der Waals surface area contributed by atoms with Gasteiger partial charge in [-0.15, -0.1) is 11.8 Å². The van der Waals surface area contributed by atoms with Gasteiger partial charge < -0.3 is 10.6 Å². The molecule has 0 saturated heterocycles. The molecule has 1 aromatic heterocycles. The van der Waals surface area contributed by atoms with Gasteiger partial charge in [-0.3, -0.25) is 4.79 Å². The van der Waals surface area contributed by atoms with Crippen molar-refractivity contribution in [2.45, 2.75) is 29.6 Å². The zero-order valence-corrected chi connectivity index (χ0v) is 19.7. The highest BCUT2D eigenvalue weighted by Crippen LogP contribution is 2.46. The molecule has 1 amide bonds. The lowest BCUT2D eigenvalue weighted by Gasteiger charge is -2.33. The Morgan fingerprint density at radius 1 is 1.25 bits per heavy atom. The molecule has 3 aromatic rings. The molecule has 0 aliphatic carbocycles. The molecule has 32 heavy (non-hydrogen) atoms. The average Bonchev–Trinajstić information content (AvgIpc) is 3.10. The van der Waals surface area contributed by atoms with Crippen molar-refractivity contribution in [2.75, 3.05) is 16.9 Å². The molecule has 2 aromatic carbocycles. The minimum absolute atomic E-state index is 0.0311. The van der Waals surface area contributed by atoms with Crippen molar-refractivity contribution < 1.29 is 18.0 Å². The molecule has 0 bridgehead atoms. The van der Waals surface area contributed by atoms with Gasteiger partial charge >= 0.3 is 6.18 Å². The Morgan fingerprint density at radius 2 is 1.94 bits per heavy atom. The molecule has 1 aliphatic heterocycles. The van der Waals surface area contributed by atoms with Gasteiger partial charge in [0.15, 0.2) is 11.7 Å². The van der Waals surface area contributed by atoms with Crippen LogP contribution in [-0.4, -0.2) is 28.1 Å². The van der Waals surface area contributed by atoms with E-state index >= 15 is 0 Å². The molecule has 4 rings (SSSR count). The van der Waals surface area contributed by atoms with Gasteiger partial charge in [-0.1, -0.05) is 51.8 Å². The van der Waals surface area contributed by atoms with Crippen LogP contribution in [0.1, 0.15) is 34.6 Å². The number of amides is 1. The molecule has 2 atom stereocenters. The molecule has 0 fully saturated rings. The lowest BCUT2D eigenvalue weighted by atomic mass is 9.97. The van der Waals surface area contributed by atoms with Gasteiger partial charge in [-0.25, -0.2) is 4.68 Å². The number of para-hydroxylation sites is 1. The number of halogens is 5. The van der Waals surface area contributed by atoms with Gasteiger partial charge in [0, 0.05) is 15.8 Å². The fourth-order valence-electron chi connectivity index (χ4n) is 3.58. The van der Waals surface area contributed by atoms with E-state index < -0.39 is 24.2 Å². The Labute approximate surface area is 199 Å². The predicted molar refractivity (Wildman–Crippen MR) is 124 cm³/mol. The molecule has 2 N–H and O–H groups in total. The maximum absolute atomic E-state index is 13.9. The third kappa shape index (κ3) is 4.49. The molecular weight excluding hydrogens is 529 g/mol. The fourth-order valence-corrected chi connectivity index (χ4v) is 4.66. The van der Waals surface area contributed by atoms with Crippen molar-refractivity contribution in [2.24, 2.45) is 0 Å². The number of rotatable bonds is 4. The van der Waals surface area contributed by atoms with Crippen molar-refractivity contribution in [3.8, 4) is 0 Å². The highest BCUT2D eigenvalue weighted by Gasteiger charge is 2.47. The number of benzene rings is 2. The summed E-state index contributed by atoms with van der Waals surface area (Å²) in [4.78, 5) is 13.7. The van der Waals surface area contributed by atoms with Crippen LogP contribution in [0.5, 0.6) is 0 Å². The smallest absolute Gasteiger partial charge is 0.362 e. The van der Waals surface area contributed by atoms with Crippen LogP contribution in [0.3, 0.4) is 0 Å². The number of fused-ring (bicyclic) bond motifs is 1. The zero-order chi connectivity index (χ0) is 23.0. The third-order valence-corrected chi connectivity index (χ3v) is 6.82. The van der Waals surface area contributed by atoms with Gasteiger partial charge in [-0.05, 0) is 36.1 Å². The number of carbonyl (C=O) groups is 1. The lowest BCUT2D eigenvalue weighted by Crippen LogP contribution is -2.35. The van der Waals surface area contributed by atoms with E-state index in [1.807, 2.05) is 18.4 Å². The van der Waals surface area contributed by atoms with Crippen LogP contribution >= 0.6 is 39.3 Å². The third-order valence-electron chi connectivity index (χ3n) is 5.14. The maximum atomic E-state index is 13.9. The number of thioether (sulfide) groups is 1. The van der Waals surface area contributed by atoms with Gasteiger partial charge in [0.25, 0.3) is 5.91 Å². The highest BCUT2D eigenvalue weighted by molar-refractivity contribution is 9.10. The van der Waals surface area contributed by atoms with E-state index in [0.29, 0.717) is 11.3 Å². The topological polar surface area (TPSA) is 59.0 Å². The molecule has 5 nitrogen and oxygen atoms in total. The van der Waals surface area contributed by atoms with Crippen LogP contribution in [-0.2, 0) is 0 Å². The summed E-state index contributed by atoms with van der Waals surface area (Å²) >= 11 is 11.1. The first-order chi connectivity index (χ1) is 15.2. The number of hydrogen-bond acceptors (Lipinski definition) is 4. The first kappa shape index (κ1) is 23.0. The van der Waals surface area contributed by atoms with Gasteiger partial charge in [0.1, 0.15) is 10.8 Å². The molecular formula is C21H17BrClF3N4OS. The molecule has 1 aliphatic rings. The number of hydrogen-bond donors (Lipinski definition) is 2. The standard InChI is InChI=1S/C21H17BrClF3N4OS/c1-32-15-5-3-2-4-13(15)28-20(31)18-17(23)19-27-14(11-6-8-12(22)9-7-11)10-16(21(24,25)26)30(19)29-18/h2-9,14,16,27H,10H2,1H3,(H,28,31). The van der Waals surface area contributed by atoms with E-state index in [2.05, 4.69) is 31.7 Å². The molecule has 2 unspecified atom stereocenters. The maximum Gasteiger partial charge on any atom is 0.410 e. The predicted octanol–water partition coefficient (Wildman–Crippen LogP) is 6.93. The Hall–Kier alpha value is -2.17. The summed E-state index contributed by atoms with van der Waals surface area (Å²) in [5.41, 5.74) is 0.932. The van der Waals surface area contributed by atoms with Crippen LogP contribution < -0.4 is 10.6 Å². The first-order valence-electron chi connectivity index (χ1n) is 9.50. The van der Waals surface area contributed by atoms with Crippen molar-refractivity contribution in [3.63, 3.8) is 0 Å². The summed E-state index contributed by atoms with van der Waals surface area (Å²) in [6, 6.07) is 11.5. The summed E-state index contributed by atoms with van der Waals surface area (Å²) in [6.07, 6.45) is -3.00. The van der Waals surface area contributed by atoms with Crippen LogP contribution in [0.4, 0.5) is 24.7 Å². The minimum Gasteiger partial charge on any atom is -0.362 e. The molecule has 0 spiro atoms. The minimum atomic E-state index is -4.57. The lowest BCUT2D eigenvalue weighted by molar-refractivity contribution is -0.173. The first-order valence-corrected chi connectivity index (χ1v) is 11.9. The molecule has 2 heterocycles. The van der Waals surface area contributed by atoms with Crippen molar-refractivity contribution in [1.82, 2.24) is 9.78 Å². The largest absolute Gasteiger partial charge is 0.410 e. The summed E-state index contributed by atoms with van der Waals surface area (Å²) in [5.74, 6) is -0.710. The van der Waals surface area contributed by atoms with Crippen LogP contribution in [0.15, 0.2) is 57.9 Å². The summed E-state index contributed by atoms with van der Waals surface area (Å²) in [5, 5.41) is 9.55. The number of alkyl halides is 3. The monoisotopic (exact) mass is 544 g/mol. The van der Waals surface area contributed by atoms with Crippen molar-refractivity contribution in [1.29, 1.82) is 0 Å². The van der Waals surface area contributed by atoms with E-state index in [1.165, 1.54) is 11.8 Å². The normalized spacial score (nSPS) is 18.1. The second-order valence-electron chi connectivity index (χ2n) is 7.15. The van der Waals surface area contributed by atoms with Gasteiger partial charge in [0.2, 0.25) is 0 Å². The van der Waals surface area contributed by atoms with Crippen molar-refractivity contribution in [3.05, 3.63) is 69.3 Å². The van der Waals surface area contributed by atoms with E-state index in [4.69, 9.17) is 11.6 Å². The van der Waals surface area contributed by atoms with E-state index in [1.54, 1.807) is 36.4 Å². The van der Waals surface area contributed by atoms with E-state index in [9.17, 15) is 18.0 Å². The van der Waals surface area contributed by atoms with Crippen molar-refractivity contribution >= 4 is 56.7 Å². The van der Waals surface area contributed by atoms with Crippen LogP contribution in [0.25, 0.3) is 0 Å².